The molecule has 1 heterocycles. The molecule has 162 valence electrons. The van der Waals surface area contributed by atoms with Crippen molar-refractivity contribution < 1.29 is 25.2 Å². The van der Waals surface area contributed by atoms with Crippen molar-refractivity contribution in [3.8, 4) is 0 Å². The third kappa shape index (κ3) is 57.0. The van der Waals surface area contributed by atoms with E-state index in [0.717, 1.165) is 0 Å². The summed E-state index contributed by atoms with van der Waals surface area (Å²) in [5.41, 5.74) is -0.218. The smallest absolute Gasteiger partial charge is 0.104 e. The van der Waals surface area contributed by atoms with Crippen molar-refractivity contribution >= 4 is 17.6 Å². The maximum atomic E-state index is 10.2. The van der Waals surface area contributed by atoms with E-state index < -0.39 is 24.3 Å². The quantitative estimate of drug-likeness (QED) is 0.525. The largest absolute Gasteiger partial charge is 0.852 e. The molecule has 0 aromatic carbocycles. The highest BCUT2D eigenvalue weighted by Crippen LogP contribution is 2.10. The number of carbonyl (C=O) groups is 1. The summed E-state index contributed by atoms with van der Waals surface area (Å²) in [4.78, 5) is 13.6. The Kier molecular flexibility index (Phi) is 48.4. The van der Waals surface area contributed by atoms with Crippen LogP contribution in [0.2, 0.25) is 5.02 Å². The number of hydrogen-bond donors (Lipinski definition) is 4. The molecule has 26 heavy (non-hydrogen) atoms. The zero-order chi connectivity index (χ0) is 18.3. The SMILES string of the molecule is CC(C)[O-].CC(C)[O-].CC(C)[O-].O=C([O-])c1ncccc1Cl.[NH4+].[NH4+].[NH4+].[NH4+]. The van der Waals surface area contributed by atoms with Gasteiger partial charge in [-0.05, 0) is 12.1 Å². The molecule has 0 spiro atoms. The van der Waals surface area contributed by atoms with Gasteiger partial charge in [0.15, 0.2) is 0 Å². The summed E-state index contributed by atoms with van der Waals surface area (Å²) in [6.45, 7) is 9.67. The Bertz CT molecular complexity index is 374. The van der Waals surface area contributed by atoms with E-state index in [1.165, 1.54) is 12.3 Å². The zero-order valence-electron chi connectivity index (χ0n) is 17.8. The van der Waals surface area contributed by atoms with Gasteiger partial charge in [0.25, 0.3) is 0 Å². The highest BCUT2D eigenvalue weighted by atomic mass is 35.5. The van der Waals surface area contributed by atoms with Gasteiger partial charge in [0.1, 0.15) is 5.69 Å². The fraction of sp³-hybridized carbons (Fsp3) is 0.600. The van der Waals surface area contributed by atoms with Crippen molar-refractivity contribution in [2.24, 2.45) is 0 Å². The summed E-state index contributed by atoms with van der Waals surface area (Å²) in [6.07, 6.45) is 0.0943. The van der Waals surface area contributed by atoms with Crippen LogP contribution in [0.1, 0.15) is 52.0 Å². The number of aromatic carboxylic acids is 1. The van der Waals surface area contributed by atoms with E-state index in [0.29, 0.717) is 0 Å². The van der Waals surface area contributed by atoms with Gasteiger partial charge in [-0.3, -0.25) is 4.98 Å². The summed E-state index contributed by atoms with van der Waals surface area (Å²) in [6, 6.07) is 2.99. The maximum Gasteiger partial charge on any atom is 0.104 e. The maximum absolute atomic E-state index is 10.2. The first-order valence-corrected chi connectivity index (χ1v) is 7.08. The van der Waals surface area contributed by atoms with Crippen LogP contribution in [0.15, 0.2) is 18.3 Å². The monoisotopic (exact) mass is 405 g/mol. The Hall–Kier alpha value is -1.37. The summed E-state index contributed by atoms with van der Waals surface area (Å²) >= 11 is 5.44. The molecule has 0 bridgehead atoms. The minimum absolute atomic E-state index is 0. The lowest BCUT2D eigenvalue weighted by atomic mass is 10.3. The molecule has 0 aliphatic rings. The minimum Gasteiger partial charge on any atom is -0.852 e. The van der Waals surface area contributed by atoms with Crippen molar-refractivity contribution in [3.05, 3.63) is 29.0 Å². The first-order valence-electron chi connectivity index (χ1n) is 6.71. The van der Waals surface area contributed by atoms with Gasteiger partial charge in [-0.15, -0.1) is 18.3 Å². The van der Waals surface area contributed by atoms with E-state index in [2.05, 4.69) is 4.98 Å². The second-order valence-corrected chi connectivity index (χ2v) is 5.17. The Labute approximate surface area is 162 Å². The normalized spacial score (nSPS) is 7.73. The van der Waals surface area contributed by atoms with Crippen molar-refractivity contribution in [3.63, 3.8) is 0 Å². The predicted octanol–water partition coefficient (Wildman–Crippen LogP) is 0.869. The van der Waals surface area contributed by atoms with E-state index in [1.807, 2.05) is 0 Å². The molecule has 10 nitrogen and oxygen atoms in total. The number of quaternary nitrogens is 4. The lowest BCUT2D eigenvalue weighted by Gasteiger charge is -2.02. The van der Waals surface area contributed by atoms with Gasteiger partial charge in [0.2, 0.25) is 0 Å². The summed E-state index contributed by atoms with van der Waals surface area (Å²) in [5.74, 6) is -1.36. The predicted molar refractivity (Wildman–Crippen MR) is 103 cm³/mol. The van der Waals surface area contributed by atoms with E-state index in [9.17, 15) is 25.2 Å². The fourth-order valence-electron chi connectivity index (χ4n) is 0.536. The van der Waals surface area contributed by atoms with E-state index in [4.69, 9.17) is 11.6 Å². The zero-order valence-corrected chi connectivity index (χ0v) is 18.6. The Morgan fingerprint density at radius 3 is 1.31 bits per heavy atom. The number of carboxylic acids is 1. The van der Waals surface area contributed by atoms with Crippen molar-refractivity contribution in [1.82, 2.24) is 29.6 Å². The van der Waals surface area contributed by atoms with Crippen LogP contribution in [0.5, 0.6) is 0 Å². The molecular weight excluding hydrogens is 366 g/mol. The lowest BCUT2D eigenvalue weighted by Crippen LogP contribution is -2.23. The molecular formula is C15H40ClN5O5. The molecule has 1 aromatic rings. The number of hydrogen-bond acceptors (Lipinski definition) is 6. The molecule has 0 fully saturated rings. The third-order valence-corrected chi connectivity index (χ3v) is 1.26. The molecule has 16 N–H and O–H groups in total. The lowest BCUT2D eigenvalue weighted by molar-refractivity contribution is -0.408. The highest BCUT2D eigenvalue weighted by Gasteiger charge is 1.98. The van der Waals surface area contributed by atoms with Crippen LogP contribution in [-0.4, -0.2) is 29.3 Å². The summed E-state index contributed by atoms with van der Waals surface area (Å²) in [5, 5.41) is 38.8. The van der Waals surface area contributed by atoms with Gasteiger partial charge < -0.3 is 49.8 Å². The molecule has 0 saturated heterocycles. The molecule has 11 heteroatoms. The van der Waals surface area contributed by atoms with Crippen LogP contribution >= 0.6 is 11.6 Å². The van der Waals surface area contributed by atoms with Crippen molar-refractivity contribution in [1.29, 1.82) is 0 Å². The molecule has 1 aromatic heterocycles. The third-order valence-electron chi connectivity index (χ3n) is 0.952. The molecule has 1 rings (SSSR count). The van der Waals surface area contributed by atoms with Crippen LogP contribution in [0.25, 0.3) is 0 Å². The molecule has 0 aliphatic heterocycles. The molecule has 0 radical (unpaired) electrons. The number of carboxylic acid groups (broad SMARTS) is 1. The number of rotatable bonds is 1. The first kappa shape index (κ1) is 44.2. The van der Waals surface area contributed by atoms with Gasteiger partial charge >= 0.3 is 0 Å². The Morgan fingerprint density at radius 1 is 0.885 bits per heavy atom. The van der Waals surface area contributed by atoms with Gasteiger partial charge in [-0.25, -0.2) is 0 Å². The van der Waals surface area contributed by atoms with Crippen molar-refractivity contribution in [2.75, 3.05) is 0 Å². The number of halogens is 1. The van der Waals surface area contributed by atoms with Crippen LogP contribution in [0.3, 0.4) is 0 Å². The number of aromatic nitrogens is 1. The number of carbonyl (C=O) groups excluding carboxylic acids is 1. The molecule has 0 unspecified atom stereocenters. The topological polar surface area (TPSA) is 268 Å². The molecule has 0 amide bonds. The number of pyridine rings is 1. The van der Waals surface area contributed by atoms with E-state index >= 15 is 0 Å². The first-order chi connectivity index (χ1) is 9.91. The minimum atomic E-state index is -1.36. The van der Waals surface area contributed by atoms with E-state index in [1.54, 1.807) is 47.6 Å². The number of nitrogens with zero attached hydrogens (tertiary/aromatic N) is 1. The molecule has 0 aliphatic carbocycles. The summed E-state index contributed by atoms with van der Waals surface area (Å²) < 4.78 is 0. The van der Waals surface area contributed by atoms with Crippen LogP contribution in [0.4, 0.5) is 0 Å². The second kappa shape index (κ2) is 28.4. The average Bonchev–Trinajstić information content (AvgIpc) is 2.26. The van der Waals surface area contributed by atoms with Crippen molar-refractivity contribution in [2.45, 2.75) is 59.9 Å². The van der Waals surface area contributed by atoms with Gasteiger partial charge in [0.05, 0.1) is 11.0 Å². The standard InChI is InChI=1S/C6H4ClNO2.3C3H7O.4H3N/c7-4-2-1-3-8-5(4)6(9)10;3*1-3(2)4;;;;/h1-3H,(H,9,10);3*3H,1-2H3;4*1H3/q;3*-1;;;;/p+3. The average molecular weight is 406 g/mol. The second-order valence-electron chi connectivity index (χ2n) is 4.77. The Morgan fingerprint density at radius 2 is 1.15 bits per heavy atom. The van der Waals surface area contributed by atoms with Crippen LogP contribution in [-0.2, 0) is 0 Å². The fourth-order valence-corrected chi connectivity index (χ4v) is 0.735. The molecule has 0 saturated carbocycles. The molecule has 0 atom stereocenters. The highest BCUT2D eigenvalue weighted by molar-refractivity contribution is 6.33. The van der Waals surface area contributed by atoms with Gasteiger partial charge in [-0.2, -0.15) is 0 Å². The van der Waals surface area contributed by atoms with Crippen LogP contribution < -0.4 is 45.0 Å². The van der Waals surface area contributed by atoms with Crippen LogP contribution in [0, 0.1) is 0 Å². The Balaban J connectivity index is -0.0000000393. The summed E-state index contributed by atoms with van der Waals surface area (Å²) in [7, 11) is 0. The van der Waals surface area contributed by atoms with E-state index in [-0.39, 0.29) is 35.3 Å². The van der Waals surface area contributed by atoms with Gasteiger partial charge in [-0.1, -0.05) is 53.1 Å². The van der Waals surface area contributed by atoms with Gasteiger partial charge in [0, 0.05) is 6.20 Å².